The molecular weight excluding hydrogens is 344 g/mol. The molecule has 1 aliphatic heterocycles. The average molecular weight is 366 g/mol. The maximum atomic E-state index is 10.9. The van der Waals surface area contributed by atoms with Crippen LogP contribution in [0.2, 0.25) is 0 Å². The second-order valence-corrected chi connectivity index (χ2v) is 6.99. The van der Waals surface area contributed by atoms with Crippen molar-refractivity contribution in [2.45, 2.75) is 25.9 Å². The number of rotatable bonds is 6. The molecule has 1 aromatic carbocycles. The number of hydrogen-bond donors (Lipinski definition) is 1. The zero-order valence-corrected chi connectivity index (χ0v) is 15.0. The van der Waals surface area contributed by atoms with E-state index in [1.807, 2.05) is 16.9 Å². The number of benzene rings is 1. The highest BCUT2D eigenvalue weighted by atomic mass is 16.4. The van der Waals surface area contributed by atoms with Crippen LogP contribution < -0.4 is 0 Å². The zero-order chi connectivity index (χ0) is 18.6. The van der Waals surface area contributed by atoms with Crippen LogP contribution in [0.5, 0.6) is 0 Å². The predicted molar refractivity (Wildman–Crippen MR) is 98.5 cm³/mol. The molecule has 1 atom stereocenters. The number of piperidine rings is 1. The second-order valence-electron chi connectivity index (χ2n) is 6.99. The third kappa shape index (κ3) is 4.22. The maximum Gasteiger partial charge on any atom is 0.358 e. The van der Waals surface area contributed by atoms with E-state index in [1.165, 1.54) is 11.8 Å². The maximum absolute atomic E-state index is 10.9. The van der Waals surface area contributed by atoms with Crippen LogP contribution in [0.3, 0.4) is 0 Å². The molecule has 1 fully saturated rings. The lowest BCUT2D eigenvalue weighted by molar-refractivity contribution is 0.0690. The van der Waals surface area contributed by atoms with Gasteiger partial charge >= 0.3 is 5.97 Å². The zero-order valence-electron chi connectivity index (χ0n) is 15.0. The Morgan fingerprint density at radius 3 is 3.00 bits per heavy atom. The van der Waals surface area contributed by atoms with Crippen LogP contribution in [0.15, 0.2) is 48.9 Å². The van der Waals surface area contributed by atoms with E-state index in [9.17, 15) is 4.79 Å². The van der Waals surface area contributed by atoms with Crippen molar-refractivity contribution < 1.29 is 9.90 Å². The molecule has 8 nitrogen and oxygen atoms in total. The Hall–Kier alpha value is -3.00. The average Bonchev–Trinajstić information content (AvgIpc) is 3.34. The number of aromatic carboxylic acids is 1. The number of aromatic nitrogens is 5. The van der Waals surface area contributed by atoms with Gasteiger partial charge in [0.1, 0.15) is 0 Å². The number of carbonyl (C=O) groups is 1. The minimum atomic E-state index is -1.04. The lowest BCUT2D eigenvalue weighted by Crippen LogP contribution is -2.36. The molecule has 0 spiro atoms. The first-order valence-corrected chi connectivity index (χ1v) is 9.12. The molecular formula is C19H22N6O2. The number of likely N-dealkylation sites (tertiary alicyclic amines) is 1. The molecule has 0 radical (unpaired) electrons. The van der Waals surface area contributed by atoms with Crippen LogP contribution in [-0.4, -0.2) is 53.8 Å². The van der Waals surface area contributed by atoms with Gasteiger partial charge in [-0.2, -0.15) is 5.10 Å². The van der Waals surface area contributed by atoms with Crippen LogP contribution in [0.1, 0.15) is 28.9 Å². The molecule has 0 saturated carbocycles. The van der Waals surface area contributed by atoms with Crippen LogP contribution >= 0.6 is 0 Å². The highest BCUT2D eigenvalue weighted by Gasteiger charge is 2.21. The van der Waals surface area contributed by atoms with Gasteiger partial charge in [0.15, 0.2) is 5.69 Å². The summed E-state index contributed by atoms with van der Waals surface area (Å²) in [6.07, 6.45) is 7.48. The van der Waals surface area contributed by atoms with Crippen LogP contribution in [0.4, 0.5) is 0 Å². The van der Waals surface area contributed by atoms with Crippen molar-refractivity contribution in [3.8, 4) is 5.69 Å². The van der Waals surface area contributed by atoms with Crippen molar-refractivity contribution in [1.82, 2.24) is 29.7 Å². The number of carboxylic acids is 1. The van der Waals surface area contributed by atoms with Crippen molar-refractivity contribution in [2.75, 3.05) is 13.1 Å². The molecule has 4 rings (SSSR count). The Balaban J connectivity index is 1.38. The van der Waals surface area contributed by atoms with E-state index in [4.69, 9.17) is 5.11 Å². The number of hydrogen-bond acceptors (Lipinski definition) is 5. The smallest absolute Gasteiger partial charge is 0.358 e. The fourth-order valence-electron chi connectivity index (χ4n) is 3.67. The quantitative estimate of drug-likeness (QED) is 0.718. The molecule has 1 N–H and O–H groups in total. The third-order valence-corrected chi connectivity index (χ3v) is 4.89. The Morgan fingerprint density at radius 2 is 2.22 bits per heavy atom. The Morgan fingerprint density at radius 1 is 1.30 bits per heavy atom. The first-order chi connectivity index (χ1) is 13.2. The summed E-state index contributed by atoms with van der Waals surface area (Å²) in [6.45, 7) is 3.63. The van der Waals surface area contributed by atoms with Gasteiger partial charge in [0.2, 0.25) is 0 Å². The van der Waals surface area contributed by atoms with Crippen LogP contribution in [0.25, 0.3) is 5.69 Å². The van der Waals surface area contributed by atoms with E-state index >= 15 is 0 Å². The van der Waals surface area contributed by atoms with E-state index in [1.54, 1.807) is 10.9 Å². The Kier molecular flexibility index (Phi) is 4.97. The largest absolute Gasteiger partial charge is 0.476 e. The van der Waals surface area contributed by atoms with E-state index in [2.05, 4.69) is 44.6 Å². The normalized spacial score (nSPS) is 17.9. The highest BCUT2D eigenvalue weighted by molar-refractivity contribution is 5.84. The summed E-state index contributed by atoms with van der Waals surface area (Å²) in [5.41, 5.74) is 2.32. The summed E-state index contributed by atoms with van der Waals surface area (Å²) < 4.78 is 3.52. The molecule has 2 aromatic heterocycles. The van der Waals surface area contributed by atoms with E-state index < -0.39 is 5.97 Å². The molecule has 140 valence electrons. The van der Waals surface area contributed by atoms with Gasteiger partial charge < -0.3 is 5.11 Å². The lowest BCUT2D eigenvalue weighted by atomic mass is 9.97. The molecule has 0 amide bonds. The van der Waals surface area contributed by atoms with Crippen molar-refractivity contribution in [2.24, 2.45) is 5.92 Å². The van der Waals surface area contributed by atoms with E-state index in [0.717, 1.165) is 38.2 Å². The summed E-state index contributed by atoms with van der Waals surface area (Å²) in [4.78, 5) is 13.4. The van der Waals surface area contributed by atoms with Gasteiger partial charge in [-0.25, -0.2) is 9.48 Å². The monoisotopic (exact) mass is 366 g/mol. The van der Waals surface area contributed by atoms with Gasteiger partial charge in [-0.05, 0) is 49.1 Å². The second kappa shape index (κ2) is 7.71. The molecule has 0 bridgehead atoms. The Labute approximate surface area is 157 Å². The fourth-order valence-corrected chi connectivity index (χ4v) is 3.67. The molecule has 1 aliphatic rings. The van der Waals surface area contributed by atoms with Crippen LogP contribution in [0, 0.1) is 5.92 Å². The van der Waals surface area contributed by atoms with Crippen molar-refractivity contribution in [3.05, 3.63) is 60.2 Å². The van der Waals surface area contributed by atoms with E-state index in [0.29, 0.717) is 12.5 Å². The van der Waals surface area contributed by atoms with Gasteiger partial charge in [-0.1, -0.05) is 17.3 Å². The van der Waals surface area contributed by atoms with Gasteiger partial charge in [0, 0.05) is 32.0 Å². The SMILES string of the molecule is O=C(O)c1cn(C[C@@H]2CCCN(Cc3cccc(-n4cccn4)c3)C2)nn1. The summed E-state index contributed by atoms with van der Waals surface area (Å²) in [5, 5.41) is 20.9. The summed E-state index contributed by atoms with van der Waals surface area (Å²) in [7, 11) is 0. The molecule has 27 heavy (non-hydrogen) atoms. The first kappa shape index (κ1) is 17.4. The van der Waals surface area contributed by atoms with Gasteiger partial charge in [-0.15, -0.1) is 5.10 Å². The molecule has 8 heteroatoms. The summed E-state index contributed by atoms with van der Waals surface area (Å²) in [5.74, 6) is -0.597. The van der Waals surface area contributed by atoms with Crippen molar-refractivity contribution >= 4 is 5.97 Å². The highest BCUT2D eigenvalue weighted by Crippen LogP contribution is 2.21. The topological polar surface area (TPSA) is 89.1 Å². The Bertz CT molecular complexity index is 905. The molecule has 0 aliphatic carbocycles. The molecule has 0 unspecified atom stereocenters. The predicted octanol–water partition coefficient (Wildman–Crippen LogP) is 2.07. The summed E-state index contributed by atoms with van der Waals surface area (Å²) in [6, 6.07) is 10.4. The minimum Gasteiger partial charge on any atom is -0.476 e. The molecule has 3 heterocycles. The molecule has 3 aromatic rings. The van der Waals surface area contributed by atoms with Crippen LogP contribution in [-0.2, 0) is 13.1 Å². The molecule has 1 saturated heterocycles. The van der Waals surface area contributed by atoms with Gasteiger partial charge in [0.05, 0.1) is 11.9 Å². The fraction of sp³-hybridized carbons (Fsp3) is 0.368. The first-order valence-electron chi connectivity index (χ1n) is 9.12. The van der Waals surface area contributed by atoms with Crippen molar-refractivity contribution in [1.29, 1.82) is 0 Å². The lowest BCUT2D eigenvalue weighted by Gasteiger charge is -2.32. The number of nitrogens with zero attached hydrogens (tertiary/aromatic N) is 6. The van der Waals surface area contributed by atoms with Gasteiger partial charge in [-0.3, -0.25) is 9.58 Å². The third-order valence-electron chi connectivity index (χ3n) is 4.89. The van der Waals surface area contributed by atoms with Gasteiger partial charge in [0.25, 0.3) is 0 Å². The van der Waals surface area contributed by atoms with E-state index in [-0.39, 0.29) is 5.69 Å². The summed E-state index contributed by atoms with van der Waals surface area (Å²) >= 11 is 0. The number of carboxylic acid groups (broad SMARTS) is 1. The standard InChI is InChI=1S/C19H22N6O2/c26-19(27)18-14-24(22-21-18)13-16-5-2-8-23(12-16)11-15-4-1-6-17(10-15)25-9-3-7-20-25/h1,3-4,6-7,9-10,14,16H,2,5,8,11-13H2,(H,26,27)/t16-/m1/s1. The van der Waals surface area contributed by atoms with Crippen molar-refractivity contribution in [3.63, 3.8) is 0 Å². The minimum absolute atomic E-state index is 0.00176.